The molecule has 1 rings (SSSR count). The summed E-state index contributed by atoms with van der Waals surface area (Å²) in [6.07, 6.45) is 0. The van der Waals surface area contributed by atoms with Gasteiger partial charge < -0.3 is 20.5 Å². The average Bonchev–Trinajstić information content (AvgIpc) is 2.35. The van der Waals surface area contributed by atoms with Crippen molar-refractivity contribution in [2.45, 2.75) is 12.1 Å². The number of carboxylic acids is 1. The first-order valence-corrected chi connectivity index (χ1v) is 5.46. The molecule has 2 unspecified atom stereocenters. The molecule has 100 valence electrons. The minimum Gasteiger partial charge on any atom is -0.494 e. The fraction of sp³-hybridized carbons (Fsp3) is 0.417. The second-order valence-corrected chi connectivity index (χ2v) is 3.76. The highest BCUT2D eigenvalue weighted by Gasteiger charge is 2.27. The average molecular weight is 256 g/mol. The van der Waals surface area contributed by atoms with Gasteiger partial charge in [-0.05, 0) is 31.8 Å². The number of aliphatic carboxylic acids is 1. The molecule has 0 spiro atoms. The second kappa shape index (κ2) is 6.32. The van der Waals surface area contributed by atoms with Crippen LogP contribution in [0.15, 0.2) is 18.2 Å². The van der Waals surface area contributed by atoms with E-state index >= 15 is 0 Å². The smallest absolute Gasteiger partial charge is 0.322 e. The van der Waals surface area contributed by atoms with Crippen LogP contribution in [0.4, 0.5) is 4.39 Å². The lowest BCUT2D eigenvalue weighted by molar-refractivity contribution is -0.140. The third-order valence-electron chi connectivity index (χ3n) is 2.76. The molecule has 0 fully saturated rings. The minimum atomic E-state index is -1.01. The molecule has 1 aromatic carbocycles. The lowest BCUT2D eigenvalue weighted by Crippen LogP contribution is -2.44. The number of likely N-dealkylation sites (N-methyl/N-ethyl adjacent to an activating group) is 2. The third-order valence-corrected chi connectivity index (χ3v) is 2.76. The number of ether oxygens (including phenoxy) is 1. The highest BCUT2D eigenvalue weighted by atomic mass is 19.1. The van der Waals surface area contributed by atoms with E-state index in [0.29, 0.717) is 5.56 Å². The summed E-state index contributed by atoms with van der Waals surface area (Å²) in [6.45, 7) is 0. The Morgan fingerprint density at radius 2 is 2.06 bits per heavy atom. The SMILES string of the molecule is CNC(C(=O)O)C(NC)c1ccc(OC)c(F)c1. The zero-order valence-electron chi connectivity index (χ0n) is 10.5. The van der Waals surface area contributed by atoms with Crippen molar-refractivity contribution in [1.82, 2.24) is 10.6 Å². The van der Waals surface area contributed by atoms with Gasteiger partial charge >= 0.3 is 5.97 Å². The maximum absolute atomic E-state index is 13.6. The number of halogens is 1. The summed E-state index contributed by atoms with van der Waals surface area (Å²) < 4.78 is 18.4. The van der Waals surface area contributed by atoms with Crippen LogP contribution in [-0.4, -0.2) is 38.3 Å². The predicted molar refractivity (Wildman–Crippen MR) is 65.2 cm³/mol. The fourth-order valence-corrected chi connectivity index (χ4v) is 1.83. The summed E-state index contributed by atoms with van der Waals surface area (Å²) in [5, 5.41) is 14.6. The van der Waals surface area contributed by atoms with Crippen LogP contribution in [-0.2, 0) is 4.79 Å². The van der Waals surface area contributed by atoms with E-state index in [1.54, 1.807) is 20.2 Å². The number of hydrogen-bond acceptors (Lipinski definition) is 4. The van der Waals surface area contributed by atoms with E-state index in [9.17, 15) is 9.18 Å². The first-order valence-electron chi connectivity index (χ1n) is 5.46. The van der Waals surface area contributed by atoms with E-state index < -0.39 is 23.9 Å². The zero-order valence-corrected chi connectivity index (χ0v) is 10.5. The van der Waals surface area contributed by atoms with Gasteiger partial charge in [-0.2, -0.15) is 0 Å². The largest absolute Gasteiger partial charge is 0.494 e. The van der Waals surface area contributed by atoms with Crippen LogP contribution in [0.3, 0.4) is 0 Å². The van der Waals surface area contributed by atoms with Crippen molar-refractivity contribution in [3.05, 3.63) is 29.6 Å². The number of carboxylic acid groups (broad SMARTS) is 1. The van der Waals surface area contributed by atoms with Crippen molar-refractivity contribution >= 4 is 5.97 Å². The van der Waals surface area contributed by atoms with Gasteiger partial charge in [-0.1, -0.05) is 6.07 Å². The van der Waals surface area contributed by atoms with Crippen molar-refractivity contribution < 1.29 is 19.0 Å². The Kier molecular flexibility index (Phi) is 5.06. The molecule has 0 heterocycles. The summed E-state index contributed by atoms with van der Waals surface area (Å²) in [5.74, 6) is -1.39. The van der Waals surface area contributed by atoms with Gasteiger partial charge in [0.15, 0.2) is 11.6 Å². The Bertz CT molecular complexity index is 426. The van der Waals surface area contributed by atoms with Crippen molar-refractivity contribution in [3.8, 4) is 5.75 Å². The van der Waals surface area contributed by atoms with Crippen LogP contribution in [0.5, 0.6) is 5.75 Å². The first kappa shape index (κ1) is 14.4. The highest BCUT2D eigenvalue weighted by molar-refractivity contribution is 5.74. The molecule has 0 saturated heterocycles. The highest BCUT2D eigenvalue weighted by Crippen LogP contribution is 2.23. The molecule has 0 aliphatic heterocycles. The molecule has 0 radical (unpaired) electrons. The van der Waals surface area contributed by atoms with Gasteiger partial charge in [0.2, 0.25) is 0 Å². The Balaban J connectivity index is 3.08. The quantitative estimate of drug-likeness (QED) is 0.701. The number of rotatable bonds is 6. The van der Waals surface area contributed by atoms with E-state index in [2.05, 4.69) is 10.6 Å². The van der Waals surface area contributed by atoms with E-state index in [0.717, 1.165) is 0 Å². The van der Waals surface area contributed by atoms with Gasteiger partial charge in [0.05, 0.1) is 13.2 Å². The lowest BCUT2D eigenvalue weighted by Gasteiger charge is -2.23. The van der Waals surface area contributed by atoms with Crippen LogP contribution in [0.1, 0.15) is 11.6 Å². The van der Waals surface area contributed by atoms with E-state index in [1.807, 2.05) is 0 Å². The van der Waals surface area contributed by atoms with E-state index in [1.165, 1.54) is 19.2 Å². The normalized spacial score (nSPS) is 14.0. The molecule has 5 nitrogen and oxygen atoms in total. The van der Waals surface area contributed by atoms with Crippen molar-refractivity contribution in [2.75, 3.05) is 21.2 Å². The Morgan fingerprint density at radius 1 is 1.39 bits per heavy atom. The molecule has 0 aromatic heterocycles. The maximum atomic E-state index is 13.6. The zero-order chi connectivity index (χ0) is 13.7. The monoisotopic (exact) mass is 256 g/mol. The topological polar surface area (TPSA) is 70.6 Å². The summed E-state index contributed by atoms with van der Waals surface area (Å²) in [6, 6.07) is 3.00. The lowest BCUT2D eigenvalue weighted by atomic mass is 9.99. The number of carbonyl (C=O) groups is 1. The summed E-state index contributed by atoms with van der Waals surface area (Å²) in [7, 11) is 4.55. The van der Waals surface area contributed by atoms with Crippen LogP contribution in [0, 0.1) is 5.82 Å². The van der Waals surface area contributed by atoms with Gasteiger partial charge in [0.25, 0.3) is 0 Å². The summed E-state index contributed by atoms with van der Waals surface area (Å²) in [5.41, 5.74) is 0.539. The van der Waals surface area contributed by atoms with Gasteiger partial charge in [-0.15, -0.1) is 0 Å². The maximum Gasteiger partial charge on any atom is 0.322 e. The molecular formula is C12H17FN2O3. The second-order valence-electron chi connectivity index (χ2n) is 3.76. The standard InChI is InChI=1S/C12H17FN2O3/c1-14-10(11(15-2)12(16)17)7-4-5-9(18-3)8(13)6-7/h4-6,10-11,14-15H,1-3H3,(H,16,17). The molecule has 0 aliphatic rings. The Labute approximate surface area is 105 Å². The molecule has 0 bridgehead atoms. The van der Waals surface area contributed by atoms with Crippen molar-refractivity contribution in [3.63, 3.8) is 0 Å². The predicted octanol–water partition coefficient (Wildman–Crippen LogP) is 0.767. The van der Waals surface area contributed by atoms with Crippen LogP contribution in [0.2, 0.25) is 0 Å². The number of methoxy groups -OCH3 is 1. The molecule has 0 aliphatic carbocycles. The van der Waals surface area contributed by atoms with E-state index in [-0.39, 0.29) is 5.75 Å². The van der Waals surface area contributed by atoms with Crippen LogP contribution >= 0.6 is 0 Å². The number of hydrogen-bond donors (Lipinski definition) is 3. The first-order chi connectivity index (χ1) is 8.54. The van der Waals surface area contributed by atoms with Gasteiger partial charge in [-0.25, -0.2) is 4.39 Å². The Morgan fingerprint density at radius 3 is 2.44 bits per heavy atom. The number of benzene rings is 1. The molecule has 0 saturated carbocycles. The molecular weight excluding hydrogens is 239 g/mol. The van der Waals surface area contributed by atoms with Gasteiger partial charge in [-0.3, -0.25) is 4.79 Å². The third kappa shape index (κ3) is 2.96. The molecule has 6 heteroatoms. The summed E-state index contributed by atoms with van der Waals surface area (Å²) in [4.78, 5) is 11.1. The van der Waals surface area contributed by atoms with Crippen LogP contribution < -0.4 is 15.4 Å². The van der Waals surface area contributed by atoms with Gasteiger partial charge in [0.1, 0.15) is 6.04 Å². The Hall–Kier alpha value is -1.66. The van der Waals surface area contributed by atoms with Gasteiger partial charge in [0, 0.05) is 0 Å². The molecule has 3 N–H and O–H groups in total. The molecule has 18 heavy (non-hydrogen) atoms. The van der Waals surface area contributed by atoms with Crippen molar-refractivity contribution in [2.24, 2.45) is 0 Å². The minimum absolute atomic E-state index is 0.130. The fourth-order valence-electron chi connectivity index (χ4n) is 1.83. The number of nitrogens with one attached hydrogen (secondary N) is 2. The molecule has 1 aromatic rings. The molecule has 2 atom stereocenters. The van der Waals surface area contributed by atoms with E-state index in [4.69, 9.17) is 9.84 Å². The molecule has 0 amide bonds. The van der Waals surface area contributed by atoms with Crippen molar-refractivity contribution in [1.29, 1.82) is 0 Å². The van der Waals surface area contributed by atoms with Crippen LogP contribution in [0.25, 0.3) is 0 Å². The summed E-state index contributed by atoms with van der Waals surface area (Å²) >= 11 is 0.